The molecule has 0 aliphatic heterocycles. The predicted molar refractivity (Wildman–Crippen MR) is 78.1 cm³/mol. The van der Waals surface area contributed by atoms with E-state index >= 15 is 0 Å². The Hall–Kier alpha value is -1.79. The van der Waals surface area contributed by atoms with Crippen LogP contribution in [0, 0.1) is 25.2 Å². The molecular formula is C15H13BrN2. The van der Waals surface area contributed by atoms with Gasteiger partial charge in [-0.15, -0.1) is 0 Å². The van der Waals surface area contributed by atoms with E-state index in [9.17, 15) is 0 Å². The number of hydrogen-bond donors (Lipinski definition) is 1. The topological polar surface area (TPSA) is 35.8 Å². The lowest BCUT2D eigenvalue weighted by Gasteiger charge is -2.11. The van der Waals surface area contributed by atoms with Gasteiger partial charge in [-0.3, -0.25) is 0 Å². The molecule has 0 saturated carbocycles. The SMILES string of the molecule is Cc1cc(Nc2cccc(Br)c2C)ccc1C#N. The van der Waals surface area contributed by atoms with Crippen molar-refractivity contribution in [1.82, 2.24) is 0 Å². The average molecular weight is 301 g/mol. The molecule has 2 aromatic carbocycles. The Balaban J connectivity index is 2.32. The fourth-order valence-electron chi connectivity index (χ4n) is 1.77. The van der Waals surface area contributed by atoms with E-state index in [1.165, 1.54) is 5.56 Å². The fourth-order valence-corrected chi connectivity index (χ4v) is 2.13. The van der Waals surface area contributed by atoms with E-state index in [1.807, 2.05) is 43.3 Å². The highest BCUT2D eigenvalue weighted by molar-refractivity contribution is 9.10. The van der Waals surface area contributed by atoms with Gasteiger partial charge in [0.05, 0.1) is 11.6 Å². The van der Waals surface area contributed by atoms with E-state index in [-0.39, 0.29) is 0 Å². The van der Waals surface area contributed by atoms with Crippen LogP contribution in [-0.4, -0.2) is 0 Å². The summed E-state index contributed by atoms with van der Waals surface area (Å²) < 4.78 is 1.08. The summed E-state index contributed by atoms with van der Waals surface area (Å²) in [5.41, 5.74) is 4.92. The zero-order chi connectivity index (χ0) is 13.1. The number of benzene rings is 2. The lowest BCUT2D eigenvalue weighted by atomic mass is 10.1. The molecular weight excluding hydrogens is 288 g/mol. The van der Waals surface area contributed by atoms with Crippen LogP contribution in [0.5, 0.6) is 0 Å². The first-order valence-electron chi connectivity index (χ1n) is 5.64. The molecule has 0 aliphatic carbocycles. The predicted octanol–water partition coefficient (Wildman–Crippen LogP) is 4.68. The molecule has 0 heterocycles. The maximum Gasteiger partial charge on any atom is 0.0994 e. The summed E-state index contributed by atoms with van der Waals surface area (Å²) in [5, 5.41) is 12.3. The van der Waals surface area contributed by atoms with Crippen molar-refractivity contribution >= 4 is 27.3 Å². The Morgan fingerprint density at radius 3 is 2.61 bits per heavy atom. The molecule has 0 radical (unpaired) electrons. The molecule has 0 amide bonds. The van der Waals surface area contributed by atoms with E-state index in [1.54, 1.807) is 0 Å². The lowest BCUT2D eigenvalue weighted by molar-refractivity contribution is 1.37. The van der Waals surface area contributed by atoms with Crippen LogP contribution < -0.4 is 5.32 Å². The molecule has 0 aromatic heterocycles. The summed E-state index contributed by atoms with van der Waals surface area (Å²) in [6, 6.07) is 14.0. The number of nitrogens with zero attached hydrogens (tertiary/aromatic N) is 1. The van der Waals surface area contributed by atoms with Crippen LogP contribution >= 0.6 is 15.9 Å². The highest BCUT2D eigenvalue weighted by Crippen LogP contribution is 2.27. The number of halogens is 1. The van der Waals surface area contributed by atoms with Crippen LogP contribution in [0.3, 0.4) is 0 Å². The van der Waals surface area contributed by atoms with Crippen LogP contribution in [0.2, 0.25) is 0 Å². The van der Waals surface area contributed by atoms with Gasteiger partial charge in [0.25, 0.3) is 0 Å². The summed E-state index contributed by atoms with van der Waals surface area (Å²) in [7, 11) is 0. The molecule has 2 rings (SSSR count). The average Bonchev–Trinajstić information content (AvgIpc) is 2.35. The summed E-state index contributed by atoms with van der Waals surface area (Å²) in [6.45, 7) is 4.00. The van der Waals surface area contributed by atoms with Crippen LogP contribution in [0.25, 0.3) is 0 Å². The van der Waals surface area contributed by atoms with Crippen molar-refractivity contribution < 1.29 is 0 Å². The van der Waals surface area contributed by atoms with Crippen molar-refractivity contribution in [3.8, 4) is 6.07 Å². The van der Waals surface area contributed by atoms with E-state index in [0.717, 1.165) is 21.4 Å². The summed E-state index contributed by atoms with van der Waals surface area (Å²) in [5.74, 6) is 0. The number of rotatable bonds is 2. The number of nitrogens with one attached hydrogen (secondary N) is 1. The second-order valence-electron chi connectivity index (χ2n) is 4.18. The quantitative estimate of drug-likeness (QED) is 0.874. The number of hydrogen-bond acceptors (Lipinski definition) is 2. The molecule has 90 valence electrons. The third-order valence-corrected chi connectivity index (χ3v) is 3.75. The summed E-state index contributed by atoms with van der Waals surface area (Å²) in [6.07, 6.45) is 0. The molecule has 2 nitrogen and oxygen atoms in total. The van der Waals surface area contributed by atoms with Crippen molar-refractivity contribution in [1.29, 1.82) is 5.26 Å². The van der Waals surface area contributed by atoms with Crippen molar-refractivity contribution in [3.63, 3.8) is 0 Å². The van der Waals surface area contributed by atoms with Gasteiger partial charge in [-0.1, -0.05) is 22.0 Å². The number of anilines is 2. The van der Waals surface area contributed by atoms with E-state index in [2.05, 4.69) is 34.2 Å². The molecule has 0 unspecified atom stereocenters. The lowest BCUT2D eigenvalue weighted by Crippen LogP contribution is -1.94. The van der Waals surface area contributed by atoms with Crippen LogP contribution in [0.1, 0.15) is 16.7 Å². The second-order valence-corrected chi connectivity index (χ2v) is 5.03. The molecule has 3 heteroatoms. The smallest absolute Gasteiger partial charge is 0.0994 e. The van der Waals surface area contributed by atoms with Crippen LogP contribution in [-0.2, 0) is 0 Å². The largest absolute Gasteiger partial charge is 0.355 e. The molecule has 1 N–H and O–H groups in total. The van der Waals surface area contributed by atoms with Crippen molar-refractivity contribution in [2.24, 2.45) is 0 Å². The van der Waals surface area contributed by atoms with Gasteiger partial charge >= 0.3 is 0 Å². The molecule has 0 spiro atoms. The molecule has 0 fully saturated rings. The van der Waals surface area contributed by atoms with Gasteiger partial charge in [0, 0.05) is 15.8 Å². The zero-order valence-corrected chi connectivity index (χ0v) is 11.9. The molecule has 0 atom stereocenters. The third-order valence-electron chi connectivity index (χ3n) is 2.89. The number of nitriles is 1. The van der Waals surface area contributed by atoms with Crippen molar-refractivity contribution in [2.75, 3.05) is 5.32 Å². The minimum Gasteiger partial charge on any atom is -0.355 e. The molecule has 0 bridgehead atoms. The van der Waals surface area contributed by atoms with Gasteiger partial charge in [-0.25, -0.2) is 0 Å². The first-order valence-corrected chi connectivity index (χ1v) is 6.44. The molecule has 18 heavy (non-hydrogen) atoms. The summed E-state index contributed by atoms with van der Waals surface area (Å²) >= 11 is 3.51. The Labute approximate surface area is 115 Å². The summed E-state index contributed by atoms with van der Waals surface area (Å²) in [4.78, 5) is 0. The highest BCUT2D eigenvalue weighted by Gasteiger charge is 2.03. The Morgan fingerprint density at radius 1 is 1.17 bits per heavy atom. The number of aryl methyl sites for hydroxylation is 1. The van der Waals surface area contributed by atoms with Crippen molar-refractivity contribution in [3.05, 3.63) is 57.6 Å². The first kappa shape index (κ1) is 12.7. The van der Waals surface area contributed by atoms with Gasteiger partial charge < -0.3 is 5.32 Å². The highest BCUT2D eigenvalue weighted by atomic mass is 79.9. The van der Waals surface area contributed by atoms with Crippen LogP contribution in [0.4, 0.5) is 11.4 Å². The minimum atomic E-state index is 0.714. The third kappa shape index (κ3) is 2.55. The van der Waals surface area contributed by atoms with E-state index in [0.29, 0.717) is 5.56 Å². The Morgan fingerprint density at radius 2 is 1.94 bits per heavy atom. The van der Waals surface area contributed by atoms with Gasteiger partial charge in [0.2, 0.25) is 0 Å². The fraction of sp³-hybridized carbons (Fsp3) is 0.133. The second kappa shape index (κ2) is 5.24. The van der Waals surface area contributed by atoms with E-state index in [4.69, 9.17) is 5.26 Å². The maximum atomic E-state index is 8.90. The van der Waals surface area contributed by atoms with Crippen LogP contribution in [0.15, 0.2) is 40.9 Å². The normalized spacial score (nSPS) is 9.89. The van der Waals surface area contributed by atoms with Gasteiger partial charge in [0.1, 0.15) is 0 Å². The Kier molecular flexibility index (Phi) is 3.69. The molecule has 2 aromatic rings. The van der Waals surface area contributed by atoms with Gasteiger partial charge in [0.15, 0.2) is 0 Å². The first-order chi connectivity index (χ1) is 8.61. The Bertz CT molecular complexity index is 627. The molecule has 0 aliphatic rings. The minimum absolute atomic E-state index is 0.714. The van der Waals surface area contributed by atoms with Gasteiger partial charge in [-0.2, -0.15) is 5.26 Å². The standard InChI is InChI=1S/C15H13BrN2/c1-10-8-13(7-6-12(10)9-17)18-15-5-3-4-14(16)11(15)2/h3-8,18H,1-2H3. The van der Waals surface area contributed by atoms with Gasteiger partial charge in [-0.05, 0) is 55.3 Å². The zero-order valence-electron chi connectivity index (χ0n) is 10.3. The molecule has 0 saturated heterocycles. The maximum absolute atomic E-state index is 8.90. The van der Waals surface area contributed by atoms with E-state index < -0.39 is 0 Å². The monoisotopic (exact) mass is 300 g/mol. The van der Waals surface area contributed by atoms with Crippen molar-refractivity contribution in [2.45, 2.75) is 13.8 Å².